The highest BCUT2D eigenvalue weighted by atomic mass is 16.2. The van der Waals surface area contributed by atoms with Crippen LogP contribution in [0.1, 0.15) is 52.9 Å². The number of hydrogen-bond donors (Lipinski definition) is 1. The number of likely N-dealkylation sites (tertiary alicyclic amines) is 1. The number of rotatable bonds is 6. The maximum absolute atomic E-state index is 12.3. The lowest BCUT2D eigenvalue weighted by Crippen LogP contribution is -2.49. The molecule has 0 unspecified atom stereocenters. The average molecular weight is 265 g/mol. The van der Waals surface area contributed by atoms with E-state index >= 15 is 0 Å². The fraction of sp³-hybridized carbons (Fsp3) is 0.867. The molecule has 108 valence electrons. The predicted octanol–water partition coefficient (Wildman–Crippen LogP) is 2.31. The summed E-state index contributed by atoms with van der Waals surface area (Å²) < 4.78 is 0. The van der Waals surface area contributed by atoms with Crippen molar-refractivity contribution < 1.29 is 4.79 Å². The van der Waals surface area contributed by atoms with Crippen LogP contribution in [-0.4, -0.2) is 36.5 Å². The molecule has 0 bridgehead atoms. The quantitative estimate of drug-likeness (QED) is 0.801. The van der Waals surface area contributed by atoms with E-state index in [1.807, 2.05) is 13.8 Å². The van der Waals surface area contributed by atoms with Gasteiger partial charge in [-0.25, -0.2) is 0 Å². The first kappa shape index (κ1) is 16.0. The van der Waals surface area contributed by atoms with Crippen molar-refractivity contribution in [2.45, 2.75) is 58.9 Å². The Hall–Kier alpha value is -1.08. The topological polar surface area (TPSA) is 56.1 Å². The van der Waals surface area contributed by atoms with Gasteiger partial charge in [0, 0.05) is 19.1 Å². The first-order chi connectivity index (χ1) is 9.11. The minimum Gasteiger partial charge on any atom is -0.352 e. The fourth-order valence-corrected chi connectivity index (χ4v) is 2.72. The van der Waals surface area contributed by atoms with Gasteiger partial charge in [-0.05, 0) is 38.6 Å². The van der Waals surface area contributed by atoms with Crippen molar-refractivity contribution in [2.75, 3.05) is 19.6 Å². The van der Waals surface area contributed by atoms with E-state index < -0.39 is 5.41 Å². The van der Waals surface area contributed by atoms with Crippen molar-refractivity contribution in [1.29, 1.82) is 5.26 Å². The summed E-state index contributed by atoms with van der Waals surface area (Å²) in [4.78, 5) is 14.7. The molecular weight excluding hydrogens is 238 g/mol. The van der Waals surface area contributed by atoms with Crippen molar-refractivity contribution in [1.82, 2.24) is 10.2 Å². The Bertz CT molecular complexity index is 323. The van der Waals surface area contributed by atoms with Crippen LogP contribution in [0.3, 0.4) is 0 Å². The standard InChI is InChI=1S/C15H27N3O/c1-4-9-18-10-7-13(8-11-18)17-14(19)15(5-2,6-3)12-16/h13H,4-11H2,1-3H3,(H,17,19). The molecule has 0 aromatic heterocycles. The lowest BCUT2D eigenvalue weighted by atomic mass is 9.82. The van der Waals surface area contributed by atoms with Crippen molar-refractivity contribution in [2.24, 2.45) is 5.41 Å². The average Bonchev–Trinajstić information content (AvgIpc) is 2.44. The Morgan fingerprint density at radius 1 is 1.32 bits per heavy atom. The van der Waals surface area contributed by atoms with E-state index in [0.29, 0.717) is 12.8 Å². The monoisotopic (exact) mass is 265 g/mol. The second-order valence-electron chi connectivity index (χ2n) is 5.49. The first-order valence-electron chi connectivity index (χ1n) is 7.56. The van der Waals surface area contributed by atoms with Crippen LogP contribution in [0, 0.1) is 16.7 Å². The van der Waals surface area contributed by atoms with Gasteiger partial charge in [0.25, 0.3) is 0 Å². The summed E-state index contributed by atoms with van der Waals surface area (Å²) in [6, 6.07) is 2.45. The molecule has 1 heterocycles. The molecule has 0 aromatic carbocycles. The molecule has 4 nitrogen and oxygen atoms in total. The van der Waals surface area contributed by atoms with Gasteiger partial charge >= 0.3 is 0 Å². The Kier molecular flexibility index (Phi) is 6.30. The Balaban J connectivity index is 2.48. The van der Waals surface area contributed by atoms with E-state index in [1.165, 1.54) is 6.42 Å². The largest absolute Gasteiger partial charge is 0.352 e. The van der Waals surface area contributed by atoms with Gasteiger partial charge in [0.1, 0.15) is 5.41 Å². The normalized spacial score (nSPS) is 18.0. The van der Waals surface area contributed by atoms with Gasteiger partial charge in [-0.2, -0.15) is 5.26 Å². The fourth-order valence-electron chi connectivity index (χ4n) is 2.72. The van der Waals surface area contributed by atoms with Crippen molar-refractivity contribution in [3.8, 4) is 6.07 Å². The highest BCUT2D eigenvalue weighted by molar-refractivity contribution is 5.85. The van der Waals surface area contributed by atoms with Gasteiger partial charge in [0.2, 0.25) is 5.91 Å². The van der Waals surface area contributed by atoms with Crippen LogP contribution in [0.25, 0.3) is 0 Å². The summed E-state index contributed by atoms with van der Waals surface area (Å²) in [6.07, 6.45) is 4.35. The zero-order chi connectivity index (χ0) is 14.3. The van der Waals surface area contributed by atoms with E-state index in [4.69, 9.17) is 0 Å². The predicted molar refractivity (Wildman–Crippen MR) is 76.5 cm³/mol. The molecule has 1 aliphatic rings. The summed E-state index contributed by atoms with van der Waals surface area (Å²) in [7, 11) is 0. The van der Waals surface area contributed by atoms with Gasteiger partial charge in [-0.1, -0.05) is 20.8 Å². The number of amides is 1. The molecule has 0 radical (unpaired) electrons. The van der Waals surface area contributed by atoms with Crippen LogP contribution in [0.4, 0.5) is 0 Å². The van der Waals surface area contributed by atoms with Crippen LogP contribution in [0.5, 0.6) is 0 Å². The second-order valence-corrected chi connectivity index (χ2v) is 5.49. The van der Waals surface area contributed by atoms with Gasteiger partial charge in [-0.15, -0.1) is 0 Å². The molecule has 0 atom stereocenters. The van der Waals surface area contributed by atoms with E-state index in [2.05, 4.69) is 23.2 Å². The SMILES string of the molecule is CCCN1CCC(NC(=O)C(C#N)(CC)CC)CC1. The molecule has 0 saturated carbocycles. The Labute approximate surface area is 117 Å². The molecule has 19 heavy (non-hydrogen) atoms. The summed E-state index contributed by atoms with van der Waals surface area (Å²) >= 11 is 0. The van der Waals surface area contributed by atoms with Crippen LogP contribution in [0.15, 0.2) is 0 Å². The van der Waals surface area contributed by atoms with Crippen molar-refractivity contribution >= 4 is 5.91 Å². The third kappa shape index (κ3) is 3.94. The number of nitrogens with zero attached hydrogens (tertiary/aromatic N) is 2. The highest BCUT2D eigenvalue weighted by Crippen LogP contribution is 2.26. The maximum Gasteiger partial charge on any atom is 0.240 e. The molecule has 1 fully saturated rings. The summed E-state index contributed by atoms with van der Waals surface area (Å²) in [5, 5.41) is 12.4. The van der Waals surface area contributed by atoms with E-state index in [-0.39, 0.29) is 11.9 Å². The zero-order valence-electron chi connectivity index (χ0n) is 12.5. The van der Waals surface area contributed by atoms with Gasteiger partial charge in [-0.3, -0.25) is 4.79 Å². The minimum absolute atomic E-state index is 0.0751. The number of hydrogen-bond acceptors (Lipinski definition) is 3. The third-order valence-electron chi connectivity index (χ3n) is 4.32. The van der Waals surface area contributed by atoms with E-state index in [9.17, 15) is 10.1 Å². The van der Waals surface area contributed by atoms with E-state index in [0.717, 1.165) is 32.5 Å². The minimum atomic E-state index is -0.833. The molecular formula is C15H27N3O. The maximum atomic E-state index is 12.3. The summed E-state index contributed by atoms with van der Waals surface area (Å²) in [5.41, 5.74) is -0.833. The van der Waals surface area contributed by atoms with Gasteiger partial charge in [0.15, 0.2) is 0 Å². The van der Waals surface area contributed by atoms with Crippen LogP contribution >= 0.6 is 0 Å². The molecule has 1 aliphatic heterocycles. The molecule has 4 heteroatoms. The number of carbonyl (C=O) groups excluding carboxylic acids is 1. The second kappa shape index (κ2) is 7.49. The molecule has 0 spiro atoms. The molecule has 1 N–H and O–H groups in total. The van der Waals surface area contributed by atoms with E-state index in [1.54, 1.807) is 0 Å². The Morgan fingerprint density at radius 3 is 2.32 bits per heavy atom. The molecule has 1 saturated heterocycles. The number of piperidine rings is 1. The number of nitriles is 1. The molecule has 0 aromatic rings. The highest BCUT2D eigenvalue weighted by Gasteiger charge is 2.36. The smallest absolute Gasteiger partial charge is 0.240 e. The summed E-state index contributed by atoms with van der Waals surface area (Å²) in [5.74, 6) is -0.0751. The third-order valence-corrected chi connectivity index (χ3v) is 4.32. The zero-order valence-corrected chi connectivity index (χ0v) is 12.5. The van der Waals surface area contributed by atoms with Crippen LogP contribution < -0.4 is 5.32 Å². The van der Waals surface area contributed by atoms with Crippen molar-refractivity contribution in [3.63, 3.8) is 0 Å². The van der Waals surface area contributed by atoms with Gasteiger partial charge in [0.05, 0.1) is 6.07 Å². The van der Waals surface area contributed by atoms with Crippen molar-refractivity contribution in [3.05, 3.63) is 0 Å². The number of nitrogens with one attached hydrogen (secondary N) is 1. The van der Waals surface area contributed by atoms with Gasteiger partial charge < -0.3 is 10.2 Å². The Morgan fingerprint density at radius 2 is 1.89 bits per heavy atom. The van der Waals surface area contributed by atoms with Crippen LogP contribution in [0.2, 0.25) is 0 Å². The lowest BCUT2D eigenvalue weighted by molar-refractivity contribution is -0.129. The molecule has 1 amide bonds. The molecule has 1 rings (SSSR count). The summed E-state index contributed by atoms with van der Waals surface area (Å²) in [6.45, 7) is 9.27. The van der Waals surface area contributed by atoms with Crippen LogP contribution in [-0.2, 0) is 4.79 Å². The lowest BCUT2D eigenvalue weighted by Gasteiger charge is -2.34. The first-order valence-corrected chi connectivity index (χ1v) is 7.56. The molecule has 0 aliphatic carbocycles. The number of carbonyl (C=O) groups is 1.